The molecule has 62 valence electrons. The molecule has 0 unspecified atom stereocenters. The van der Waals surface area contributed by atoms with E-state index in [9.17, 15) is 0 Å². The van der Waals surface area contributed by atoms with Crippen LogP contribution < -0.4 is 5.48 Å². The molecule has 1 aromatic carbocycles. The fourth-order valence-corrected chi connectivity index (χ4v) is 1.25. The number of furan rings is 1. The summed E-state index contributed by atoms with van der Waals surface area (Å²) in [5, 5.41) is 9.62. The van der Waals surface area contributed by atoms with Crippen molar-refractivity contribution >= 4 is 16.7 Å². The molecule has 0 amide bonds. The summed E-state index contributed by atoms with van der Waals surface area (Å²) in [4.78, 5) is 0. The molecule has 0 aliphatic rings. The van der Waals surface area contributed by atoms with Crippen molar-refractivity contribution in [3.8, 4) is 0 Å². The molecule has 0 radical (unpaired) electrons. The number of nitrogens with one attached hydrogen (secondary N) is 1. The number of fused-ring (bicyclic) bond motifs is 1. The van der Waals surface area contributed by atoms with Gasteiger partial charge in [-0.25, -0.2) is 0 Å². The summed E-state index contributed by atoms with van der Waals surface area (Å²) >= 11 is 0. The second-order valence-corrected chi connectivity index (χ2v) is 2.72. The van der Waals surface area contributed by atoms with Gasteiger partial charge in [-0.2, -0.15) is 0 Å². The SMILES string of the molecule is Cc1cc2cc(NO)ccc2o1. The van der Waals surface area contributed by atoms with Gasteiger partial charge in [-0.15, -0.1) is 0 Å². The van der Waals surface area contributed by atoms with Gasteiger partial charge in [-0.3, -0.25) is 10.7 Å². The Morgan fingerprint density at radius 3 is 2.92 bits per heavy atom. The molecule has 0 aliphatic heterocycles. The summed E-state index contributed by atoms with van der Waals surface area (Å²) < 4.78 is 5.36. The van der Waals surface area contributed by atoms with Gasteiger partial charge in [0.25, 0.3) is 0 Å². The van der Waals surface area contributed by atoms with E-state index in [-0.39, 0.29) is 0 Å². The minimum atomic E-state index is 0.670. The molecule has 2 aromatic rings. The van der Waals surface area contributed by atoms with Gasteiger partial charge in [0.05, 0.1) is 5.69 Å². The van der Waals surface area contributed by atoms with Gasteiger partial charge in [-0.05, 0) is 31.2 Å². The Bertz CT molecular complexity index is 406. The summed E-state index contributed by atoms with van der Waals surface area (Å²) in [5.41, 5.74) is 3.60. The topological polar surface area (TPSA) is 45.4 Å². The number of rotatable bonds is 1. The van der Waals surface area contributed by atoms with E-state index in [1.165, 1.54) is 0 Å². The van der Waals surface area contributed by atoms with E-state index < -0.39 is 0 Å². The molecule has 2 N–H and O–H groups in total. The standard InChI is InChI=1S/C9H9NO2/c1-6-4-7-5-8(10-11)2-3-9(7)12-6/h2-5,10-11H,1H3. The Kier molecular flexibility index (Phi) is 1.52. The molecule has 0 fully saturated rings. The summed E-state index contributed by atoms with van der Waals surface area (Å²) in [6.45, 7) is 1.89. The summed E-state index contributed by atoms with van der Waals surface area (Å²) in [6.07, 6.45) is 0. The van der Waals surface area contributed by atoms with Gasteiger partial charge in [0.1, 0.15) is 11.3 Å². The molecule has 0 saturated heterocycles. The van der Waals surface area contributed by atoms with Crippen LogP contribution in [0.1, 0.15) is 5.76 Å². The Hall–Kier alpha value is -1.48. The Balaban J connectivity index is 2.66. The summed E-state index contributed by atoms with van der Waals surface area (Å²) in [6, 6.07) is 7.33. The molecule has 0 saturated carbocycles. The summed E-state index contributed by atoms with van der Waals surface area (Å²) in [7, 11) is 0. The van der Waals surface area contributed by atoms with E-state index in [1.54, 1.807) is 6.07 Å². The minimum absolute atomic E-state index is 0.670. The number of hydrogen-bond acceptors (Lipinski definition) is 3. The molecule has 2 rings (SSSR count). The third-order valence-corrected chi connectivity index (χ3v) is 1.77. The summed E-state index contributed by atoms with van der Waals surface area (Å²) in [5.74, 6) is 0.875. The maximum atomic E-state index is 8.62. The first-order valence-corrected chi connectivity index (χ1v) is 3.70. The van der Waals surface area contributed by atoms with E-state index in [0.29, 0.717) is 5.69 Å². The predicted molar refractivity (Wildman–Crippen MR) is 46.4 cm³/mol. The van der Waals surface area contributed by atoms with E-state index in [2.05, 4.69) is 5.48 Å². The van der Waals surface area contributed by atoms with Crippen molar-refractivity contribution in [2.75, 3.05) is 5.48 Å². The molecule has 12 heavy (non-hydrogen) atoms. The highest BCUT2D eigenvalue weighted by molar-refractivity contribution is 5.81. The lowest BCUT2D eigenvalue weighted by Gasteiger charge is -1.95. The quantitative estimate of drug-likeness (QED) is 0.635. The average molecular weight is 163 g/mol. The van der Waals surface area contributed by atoms with Gasteiger partial charge in [-0.1, -0.05) is 0 Å². The predicted octanol–water partition coefficient (Wildman–Crippen LogP) is 2.54. The van der Waals surface area contributed by atoms with Gasteiger partial charge < -0.3 is 4.42 Å². The highest BCUT2D eigenvalue weighted by atomic mass is 16.5. The van der Waals surface area contributed by atoms with Crippen LogP contribution >= 0.6 is 0 Å². The zero-order valence-electron chi connectivity index (χ0n) is 6.66. The molecule has 0 aliphatic carbocycles. The molecule has 1 heterocycles. The van der Waals surface area contributed by atoms with Crippen LogP contribution in [0.15, 0.2) is 28.7 Å². The molecule has 3 nitrogen and oxygen atoms in total. The lowest BCUT2D eigenvalue weighted by molar-refractivity contribution is 0.389. The number of anilines is 1. The Labute approximate surface area is 69.6 Å². The smallest absolute Gasteiger partial charge is 0.134 e. The monoisotopic (exact) mass is 163 g/mol. The van der Waals surface area contributed by atoms with Crippen molar-refractivity contribution in [1.82, 2.24) is 0 Å². The first-order valence-electron chi connectivity index (χ1n) is 3.70. The lowest BCUT2D eigenvalue weighted by atomic mass is 10.2. The second kappa shape index (κ2) is 2.53. The zero-order chi connectivity index (χ0) is 8.55. The van der Waals surface area contributed by atoms with Crippen LogP contribution in [0.3, 0.4) is 0 Å². The van der Waals surface area contributed by atoms with E-state index in [4.69, 9.17) is 9.62 Å². The number of aryl methyl sites for hydroxylation is 1. The van der Waals surface area contributed by atoms with Crippen molar-refractivity contribution in [2.24, 2.45) is 0 Å². The van der Waals surface area contributed by atoms with Crippen molar-refractivity contribution in [3.05, 3.63) is 30.0 Å². The normalized spacial score (nSPS) is 10.5. The Morgan fingerprint density at radius 1 is 1.33 bits per heavy atom. The molecule has 0 spiro atoms. The van der Waals surface area contributed by atoms with Gasteiger partial charge >= 0.3 is 0 Å². The number of hydrogen-bond donors (Lipinski definition) is 2. The molecular weight excluding hydrogens is 154 g/mol. The van der Waals surface area contributed by atoms with E-state index in [1.807, 2.05) is 25.1 Å². The van der Waals surface area contributed by atoms with Gasteiger partial charge in [0, 0.05) is 5.39 Å². The highest BCUT2D eigenvalue weighted by Crippen LogP contribution is 2.21. The fraction of sp³-hybridized carbons (Fsp3) is 0.111. The van der Waals surface area contributed by atoms with Gasteiger partial charge in [0.15, 0.2) is 0 Å². The first kappa shape index (κ1) is 7.18. The largest absolute Gasteiger partial charge is 0.461 e. The van der Waals surface area contributed by atoms with Crippen LogP contribution in [0.4, 0.5) is 5.69 Å². The van der Waals surface area contributed by atoms with E-state index >= 15 is 0 Å². The highest BCUT2D eigenvalue weighted by Gasteiger charge is 1.99. The lowest BCUT2D eigenvalue weighted by Crippen LogP contribution is -1.86. The fourth-order valence-electron chi connectivity index (χ4n) is 1.25. The van der Waals surface area contributed by atoms with Gasteiger partial charge in [0.2, 0.25) is 0 Å². The van der Waals surface area contributed by atoms with Crippen molar-refractivity contribution in [3.63, 3.8) is 0 Å². The van der Waals surface area contributed by atoms with Crippen LogP contribution in [-0.4, -0.2) is 5.21 Å². The average Bonchev–Trinajstić information content (AvgIpc) is 2.43. The molecule has 1 aromatic heterocycles. The van der Waals surface area contributed by atoms with Crippen molar-refractivity contribution in [1.29, 1.82) is 0 Å². The van der Waals surface area contributed by atoms with Crippen LogP contribution in [0.5, 0.6) is 0 Å². The minimum Gasteiger partial charge on any atom is -0.461 e. The molecule has 0 bridgehead atoms. The zero-order valence-corrected chi connectivity index (χ0v) is 6.66. The Morgan fingerprint density at radius 2 is 2.17 bits per heavy atom. The van der Waals surface area contributed by atoms with Crippen LogP contribution in [0.2, 0.25) is 0 Å². The first-order chi connectivity index (χ1) is 5.79. The number of benzene rings is 1. The van der Waals surface area contributed by atoms with Crippen LogP contribution in [0.25, 0.3) is 11.0 Å². The van der Waals surface area contributed by atoms with E-state index in [0.717, 1.165) is 16.7 Å². The maximum Gasteiger partial charge on any atom is 0.134 e. The van der Waals surface area contributed by atoms with Crippen molar-refractivity contribution < 1.29 is 9.62 Å². The third-order valence-electron chi connectivity index (χ3n) is 1.77. The maximum absolute atomic E-state index is 8.62. The molecule has 0 atom stereocenters. The molecular formula is C9H9NO2. The molecule has 3 heteroatoms. The van der Waals surface area contributed by atoms with Crippen LogP contribution in [0, 0.1) is 6.92 Å². The second-order valence-electron chi connectivity index (χ2n) is 2.72. The van der Waals surface area contributed by atoms with Crippen LogP contribution in [-0.2, 0) is 0 Å². The van der Waals surface area contributed by atoms with Crippen molar-refractivity contribution in [2.45, 2.75) is 6.92 Å². The third kappa shape index (κ3) is 1.04.